The van der Waals surface area contributed by atoms with Crippen LogP contribution in [0.15, 0.2) is 16.0 Å². The van der Waals surface area contributed by atoms with Crippen LogP contribution in [-0.2, 0) is 14.3 Å². The van der Waals surface area contributed by atoms with Gasteiger partial charge in [0.15, 0.2) is 11.5 Å². The summed E-state index contributed by atoms with van der Waals surface area (Å²) in [7, 11) is 0. The lowest BCUT2D eigenvalue weighted by molar-refractivity contribution is -0.141. The molecule has 0 spiro atoms. The maximum atomic E-state index is 12.2. The third-order valence-electron chi connectivity index (χ3n) is 4.59. The molecule has 1 fully saturated rings. The zero-order chi connectivity index (χ0) is 21.5. The standard InChI is InChI=1S/C19H24N4O6S/c1-3-27-16(24)10-20-19(26)23-7-5-12(6-8-23)17-21-14(11-30-17)15-9-13(22-29-15)18(25)28-4-2/h9,11-12H,3-8,10H2,1-2H3,(H,20,26). The highest BCUT2D eigenvalue weighted by molar-refractivity contribution is 7.10. The predicted molar refractivity (Wildman–Crippen MR) is 107 cm³/mol. The Bertz CT molecular complexity index is 887. The Morgan fingerprint density at radius 1 is 1.23 bits per heavy atom. The minimum absolute atomic E-state index is 0.114. The summed E-state index contributed by atoms with van der Waals surface area (Å²) in [6.07, 6.45) is 1.54. The number of hydrogen-bond acceptors (Lipinski definition) is 9. The second-order valence-corrected chi connectivity index (χ2v) is 7.48. The first-order valence-corrected chi connectivity index (χ1v) is 10.7. The number of thiazole rings is 1. The molecule has 0 unspecified atom stereocenters. The van der Waals surface area contributed by atoms with Gasteiger partial charge in [0.2, 0.25) is 0 Å². The van der Waals surface area contributed by atoms with E-state index in [4.69, 9.17) is 14.0 Å². The topological polar surface area (TPSA) is 124 Å². The van der Waals surface area contributed by atoms with Crippen LogP contribution in [0.5, 0.6) is 0 Å². The summed E-state index contributed by atoms with van der Waals surface area (Å²) in [4.78, 5) is 41.6. The number of nitrogens with one attached hydrogen (secondary N) is 1. The Kier molecular flexibility index (Phi) is 7.39. The van der Waals surface area contributed by atoms with Gasteiger partial charge in [-0.05, 0) is 26.7 Å². The van der Waals surface area contributed by atoms with Crippen molar-refractivity contribution in [3.63, 3.8) is 0 Å². The molecule has 162 valence electrons. The van der Waals surface area contributed by atoms with Crippen molar-refractivity contribution in [3.05, 3.63) is 22.1 Å². The molecule has 0 radical (unpaired) electrons. The Hall–Kier alpha value is -2.95. The molecule has 1 aliphatic rings. The molecule has 1 N–H and O–H groups in total. The summed E-state index contributed by atoms with van der Waals surface area (Å²) in [6, 6.07) is 1.25. The van der Waals surface area contributed by atoms with Crippen LogP contribution in [-0.4, -0.2) is 65.9 Å². The molecule has 2 aromatic heterocycles. The van der Waals surface area contributed by atoms with Gasteiger partial charge in [-0.25, -0.2) is 14.6 Å². The number of urea groups is 1. The van der Waals surface area contributed by atoms with Crippen LogP contribution in [0.25, 0.3) is 11.5 Å². The first kappa shape index (κ1) is 21.8. The lowest BCUT2D eigenvalue weighted by Gasteiger charge is -2.31. The number of hydrogen-bond donors (Lipinski definition) is 1. The van der Waals surface area contributed by atoms with Crippen LogP contribution in [0.4, 0.5) is 4.79 Å². The minimum Gasteiger partial charge on any atom is -0.465 e. The van der Waals surface area contributed by atoms with E-state index in [2.05, 4.69) is 15.5 Å². The highest BCUT2D eigenvalue weighted by atomic mass is 32.1. The van der Waals surface area contributed by atoms with Crippen LogP contribution >= 0.6 is 11.3 Å². The van der Waals surface area contributed by atoms with Gasteiger partial charge in [-0.1, -0.05) is 5.16 Å². The zero-order valence-electron chi connectivity index (χ0n) is 16.9. The summed E-state index contributed by atoms with van der Waals surface area (Å²) in [5.74, 6) is -0.340. The fraction of sp³-hybridized carbons (Fsp3) is 0.526. The van der Waals surface area contributed by atoms with Gasteiger partial charge in [0.05, 0.1) is 18.2 Å². The average Bonchev–Trinajstić information content (AvgIpc) is 3.42. The molecule has 11 heteroatoms. The number of rotatable bonds is 7. The number of carbonyl (C=O) groups is 3. The molecular formula is C19H24N4O6S. The molecular weight excluding hydrogens is 412 g/mol. The molecule has 0 saturated carbocycles. The lowest BCUT2D eigenvalue weighted by atomic mass is 9.98. The first-order chi connectivity index (χ1) is 14.5. The van der Waals surface area contributed by atoms with E-state index in [-0.39, 0.29) is 37.4 Å². The Morgan fingerprint density at radius 3 is 2.67 bits per heavy atom. The van der Waals surface area contributed by atoms with Crippen molar-refractivity contribution in [2.24, 2.45) is 0 Å². The van der Waals surface area contributed by atoms with Crippen LogP contribution in [0.1, 0.15) is 48.1 Å². The van der Waals surface area contributed by atoms with Crippen molar-refractivity contribution in [2.75, 3.05) is 32.8 Å². The monoisotopic (exact) mass is 436 g/mol. The van der Waals surface area contributed by atoms with Gasteiger partial charge in [-0.2, -0.15) is 0 Å². The fourth-order valence-electron chi connectivity index (χ4n) is 3.09. The summed E-state index contributed by atoms with van der Waals surface area (Å²) < 4.78 is 14.9. The molecule has 0 aromatic carbocycles. The van der Waals surface area contributed by atoms with Gasteiger partial charge >= 0.3 is 18.0 Å². The molecule has 30 heavy (non-hydrogen) atoms. The Labute approximate surface area is 177 Å². The van der Waals surface area contributed by atoms with Crippen molar-refractivity contribution in [2.45, 2.75) is 32.6 Å². The third-order valence-corrected chi connectivity index (χ3v) is 5.60. The SMILES string of the molecule is CCOC(=O)CNC(=O)N1CCC(c2nc(-c3cc(C(=O)OCC)no3)cs2)CC1. The maximum absolute atomic E-state index is 12.2. The van der Waals surface area contributed by atoms with Crippen LogP contribution in [0.2, 0.25) is 0 Å². The lowest BCUT2D eigenvalue weighted by Crippen LogP contribution is -2.45. The fourth-order valence-corrected chi connectivity index (χ4v) is 4.07. The van der Waals surface area contributed by atoms with Gasteiger partial charge in [0.25, 0.3) is 0 Å². The van der Waals surface area contributed by atoms with E-state index >= 15 is 0 Å². The molecule has 3 heterocycles. The number of amides is 2. The van der Waals surface area contributed by atoms with Gasteiger partial charge in [0, 0.05) is 30.5 Å². The molecule has 1 saturated heterocycles. The normalized spacial score (nSPS) is 14.4. The molecule has 0 aliphatic carbocycles. The Balaban J connectivity index is 1.52. The molecule has 2 aromatic rings. The number of piperidine rings is 1. The Morgan fingerprint density at radius 2 is 1.97 bits per heavy atom. The van der Waals surface area contributed by atoms with E-state index in [1.165, 1.54) is 17.4 Å². The van der Waals surface area contributed by atoms with E-state index in [1.54, 1.807) is 18.7 Å². The van der Waals surface area contributed by atoms with Crippen LogP contribution < -0.4 is 5.32 Å². The van der Waals surface area contributed by atoms with Gasteiger partial charge in [-0.3, -0.25) is 4.79 Å². The minimum atomic E-state index is -0.531. The number of carbonyl (C=O) groups excluding carboxylic acids is 3. The summed E-state index contributed by atoms with van der Waals surface area (Å²) in [5, 5.41) is 9.13. The van der Waals surface area contributed by atoms with E-state index in [1.807, 2.05) is 5.38 Å². The largest absolute Gasteiger partial charge is 0.465 e. The van der Waals surface area contributed by atoms with E-state index < -0.39 is 11.9 Å². The zero-order valence-corrected chi connectivity index (χ0v) is 17.7. The smallest absolute Gasteiger partial charge is 0.360 e. The molecule has 3 rings (SSSR count). The number of ether oxygens (including phenoxy) is 2. The third kappa shape index (κ3) is 5.35. The summed E-state index contributed by atoms with van der Waals surface area (Å²) in [5.41, 5.74) is 0.733. The average molecular weight is 436 g/mol. The van der Waals surface area contributed by atoms with Crippen molar-refractivity contribution in [1.29, 1.82) is 0 Å². The quantitative estimate of drug-likeness (QED) is 0.656. The van der Waals surface area contributed by atoms with Crippen molar-refractivity contribution >= 4 is 29.3 Å². The van der Waals surface area contributed by atoms with E-state index in [9.17, 15) is 14.4 Å². The van der Waals surface area contributed by atoms with Gasteiger partial charge in [-0.15, -0.1) is 11.3 Å². The van der Waals surface area contributed by atoms with Gasteiger partial charge in [0.1, 0.15) is 12.2 Å². The molecule has 2 amide bonds. The van der Waals surface area contributed by atoms with Crippen molar-refractivity contribution in [1.82, 2.24) is 20.4 Å². The second-order valence-electron chi connectivity index (χ2n) is 6.59. The van der Waals surface area contributed by atoms with Crippen molar-refractivity contribution in [3.8, 4) is 11.5 Å². The molecule has 0 bridgehead atoms. The van der Waals surface area contributed by atoms with Gasteiger partial charge < -0.3 is 24.2 Å². The maximum Gasteiger partial charge on any atom is 0.360 e. The highest BCUT2D eigenvalue weighted by Crippen LogP contribution is 2.33. The molecule has 1 aliphatic heterocycles. The van der Waals surface area contributed by atoms with E-state index in [0.29, 0.717) is 24.5 Å². The molecule has 0 atom stereocenters. The van der Waals surface area contributed by atoms with Crippen molar-refractivity contribution < 1.29 is 28.4 Å². The first-order valence-electron chi connectivity index (χ1n) is 9.79. The van der Waals surface area contributed by atoms with Crippen LogP contribution in [0.3, 0.4) is 0 Å². The highest BCUT2D eigenvalue weighted by Gasteiger charge is 2.26. The van der Waals surface area contributed by atoms with E-state index in [0.717, 1.165) is 17.8 Å². The summed E-state index contributed by atoms with van der Waals surface area (Å²) >= 11 is 1.51. The second kappa shape index (κ2) is 10.2. The summed E-state index contributed by atoms with van der Waals surface area (Å²) in [6.45, 7) is 5.01. The number of likely N-dealkylation sites (tertiary alicyclic amines) is 1. The predicted octanol–water partition coefficient (Wildman–Crippen LogP) is 2.43. The number of aromatic nitrogens is 2. The number of esters is 2. The van der Waals surface area contributed by atoms with Crippen LogP contribution in [0, 0.1) is 0 Å². The molecule has 10 nitrogen and oxygen atoms in total. The number of nitrogens with zero attached hydrogens (tertiary/aromatic N) is 3.